The number of rotatable bonds is 6. The Hall–Kier alpha value is -1.62. The van der Waals surface area contributed by atoms with Gasteiger partial charge in [-0.25, -0.2) is 0 Å². The summed E-state index contributed by atoms with van der Waals surface area (Å²) in [6.45, 7) is 2.85. The van der Waals surface area contributed by atoms with E-state index in [4.69, 9.17) is 9.26 Å². The van der Waals surface area contributed by atoms with Gasteiger partial charge in [-0.05, 0) is 13.3 Å². The number of ether oxygens (including phenoxy) is 1. The van der Waals surface area contributed by atoms with Crippen molar-refractivity contribution < 1.29 is 14.1 Å². The molecule has 0 saturated heterocycles. The molecule has 0 aromatic carbocycles. The second-order valence-electron chi connectivity index (χ2n) is 3.23. The maximum Gasteiger partial charge on any atom is 0.273 e. The quantitative estimate of drug-likeness (QED) is 0.587. The Morgan fingerprint density at radius 1 is 1.69 bits per heavy atom. The first-order valence-corrected chi connectivity index (χ1v) is 5.11. The third-order valence-corrected chi connectivity index (χ3v) is 1.91. The zero-order valence-corrected chi connectivity index (χ0v) is 9.53. The van der Waals surface area contributed by atoms with Crippen LogP contribution in [0.2, 0.25) is 0 Å². The molecule has 1 amide bonds. The molecule has 0 unspecified atom stereocenters. The van der Waals surface area contributed by atoms with Crippen LogP contribution in [0.4, 0.5) is 0 Å². The number of carbonyl (C=O) groups is 1. The first-order chi connectivity index (χ1) is 7.77. The average Bonchev–Trinajstić information content (AvgIpc) is 2.73. The molecule has 0 saturated carbocycles. The number of hydrogen-bond donors (Lipinski definition) is 1. The van der Waals surface area contributed by atoms with Crippen molar-refractivity contribution in [3.05, 3.63) is 29.7 Å². The van der Waals surface area contributed by atoms with Crippen molar-refractivity contribution in [2.45, 2.75) is 20.0 Å². The molecule has 0 fully saturated rings. The van der Waals surface area contributed by atoms with E-state index in [1.54, 1.807) is 13.2 Å². The molecule has 0 bridgehead atoms. The molecule has 1 heterocycles. The van der Waals surface area contributed by atoms with Crippen LogP contribution in [0.1, 0.15) is 29.6 Å². The molecule has 1 N–H and O–H groups in total. The van der Waals surface area contributed by atoms with E-state index in [0.29, 0.717) is 18.9 Å². The van der Waals surface area contributed by atoms with E-state index in [0.717, 1.165) is 6.42 Å². The number of aromatic nitrogens is 1. The fourth-order valence-corrected chi connectivity index (χ4v) is 1.16. The monoisotopic (exact) mass is 224 g/mol. The lowest BCUT2D eigenvalue weighted by Gasteiger charge is -1.98. The summed E-state index contributed by atoms with van der Waals surface area (Å²) in [7, 11) is 1.55. The number of amides is 1. The fourth-order valence-electron chi connectivity index (χ4n) is 1.16. The number of hydrogen-bond acceptors (Lipinski definition) is 4. The predicted octanol–water partition coefficient (Wildman–Crippen LogP) is 1.52. The predicted molar refractivity (Wildman–Crippen MR) is 59.0 cm³/mol. The van der Waals surface area contributed by atoms with Gasteiger partial charge >= 0.3 is 0 Å². The van der Waals surface area contributed by atoms with Crippen LogP contribution >= 0.6 is 0 Å². The highest BCUT2D eigenvalue weighted by atomic mass is 16.5. The van der Waals surface area contributed by atoms with Crippen LogP contribution in [0.15, 0.2) is 22.7 Å². The normalized spacial score (nSPS) is 10.9. The topological polar surface area (TPSA) is 64.4 Å². The van der Waals surface area contributed by atoms with E-state index < -0.39 is 0 Å². The van der Waals surface area contributed by atoms with Crippen LogP contribution in [0.3, 0.4) is 0 Å². The standard InChI is InChI=1S/C11H16N2O3/c1-3-4-5-6-12-11(14)10-7-9(8-15-2)16-13-10/h3-4,7H,5-6,8H2,1-2H3,(H,12,14)/b4-3+. The summed E-state index contributed by atoms with van der Waals surface area (Å²) >= 11 is 0. The van der Waals surface area contributed by atoms with E-state index >= 15 is 0 Å². The summed E-state index contributed by atoms with van der Waals surface area (Å²) in [5.74, 6) is 0.316. The van der Waals surface area contributed by atoms with Crippen molar-refractivity contribution in [2.75, 3.05) is 13.7 Å². The SMILES string of the molecule is C/C=C/CCNC(=O)c1cc(COC)on1. The maximum atomic E-state index is 11.5. The number of carbonyl (C=O) groups excluding carboxylic acids is 1. The lowest BCUT2D eigenvalue weighted by molar-refractivity contribution is 0.0944. The molecule has 0 aliphatic heterocycles. The van der Waals surface area contributed by atoms with Crippen molar-refractivity contribution in [3.8, 4) is 0 Å². The van der Waals surface area contributed by atoms with Crippen molar-refractivity contribution in [3.63, 3.8) is 0 Å². The first kappa shape index (κ1) is 12.4. The van der Waals surface area contributed by atoms with Crippen LogP contribution in [0.5, 0.6) is 0 Å². The van der Waals surface area contributed by atoms with Gasteiger partial charge in [-0.3, -0.25) is 4.79 Å². The van der Waals surface area contributed by atoms with E-state index in [1.165, 1.54) is 0 Å². The van der Waals surface area contributed by atoms with Crippen LogP contribution in [-0.4, -0.2) is 24.7 Å². The van der Waals surface area contributed by atoms with Gasteiger partial charge in [0.15, 0.2) is 11.5 Å². The van der Waals surface area contributed by atoms with Crippen molar-refractivity contribution in [2.24, 2.45) is 0 Å². The average molecular weight is 224 g/mol. The molecule has 0 spiro atoms. The molecular weight excluding hydrogens is 208 g/mol. The fraction of sp³-hybridized carbons (Fsp3) is 0.455. The largest absolute Gasteiger partial charge is 0.377 e. The van der Waals surface area contributed by atoms with Crippen LogP contribution in [0.25, 0.3) is 0 Å². The molecule has 5 nitrogen and oxygen atoms in total. The summed E-state index contributed by atoms with van der Waals surface area (Å²) < 4.78 is 9.76. The molecule has 0 atom stereocenters. The van der Waals surface area contributed by atoms with Gasteiger partial charge in [0.1, 0.15) is 6.61 Å². The molecular formula is C11H16N2O3. The van der Waals surface area contributed by atoms with E-state index in [-0.39, 0.29) is 11.6 Å². The van der Waals surface area contributed by atoms with Gasteiger partial charge in [0, 0.05) is 19.7 Å². The third kappa shape index (κ3) is 3.86. The third-order valence-electron chi connectivity index (χ3n) is 1.91. The summed E-state index contributed by atoms with van der Waals surface area (Å²) in [6, 6.07) is 1.58. The number of allylic oxidation sites excluding steroid dienone is 1. The second kappa shape index (κ2) is 6.79. The molecule has 0 aliphatic rings. The van der Waals surface area contributed by atoms with Gasteiger partial charge in [0.2, 0.25) is 0 Å². The molecule has 5 heteroatoms. The van der Waals surface area contributed by atoms with Gasteiger partial charge in [-0.15, -0.1) is 0 Å². The lowest BCUT2D eigenvalue weighted by Crippen LogP contribution is -2.24. The van der Waals surface area contributed by atoms with Gasteiger partial charge in [0.05, 0.1) is 0 Å². The Kier molecular flexibility index (Phi) is 5.28. The zero-order valence-electron chi connectivity index (χ0n) is 9.53. The second-order valence-corrected chi connectivity index (χ2v) is 3.23. The lowest BCUT2D eigenvalue weighted by atomic mass is 10.3. The number of methoxy groups -OCH3 is 1. The highest BCUT2D eigenvalue weighted by Gasteiger charge is 2.11. The Bertz CT molecular complexity index is 358. The minimum absolute atomic E-state index is 0.226. The smallest absolute Gasteiger partial charge is 0.273 e. The molecule has 88 valence electrons. The van der Waals surface area contributed by atoms with E-state index in [2.05, 4.69) is 10.5 Å². The molecule has 0 aliphatic carbocycles. The van der Waals surface area contributed by atoms with Crippen molar-refractivity contribution >= 4 is 5.91 Å². The highest BCUT2D eigenvalue weighted by Crippen LogP contribution is 2.04. The van der Waals surface area contributed by atoms with Gasteiger partial charge in [-0.2, -0.15) is 0 Å². The van der Waals surface area contributed by atoms with Gasteiger partial charge in [-0.1, -0.05) is 17.3 Å². The number of nitrogens with one attached hydrogen (secondary N) is 1. The summed E-state index contributed by atoms with van der Waals surface area (Å²) in [4.78, 5) is 11.5. The first-order valence-electron chi connectivity index (χ1n) is 5.11. The Morgan fingerprint density at radius 2 is 2.50 bits per heavy atom. The van der Waals surface area contributed by atoms with E-state index in [9.17, 15) is 4.79 Å². The summed E-state index contributed by atoms with van der Waals surface area (Å²) in [5.41, 5.74) is 0.285. The van der Waals surface area contributed by atoms with E-state index in [1.807, 2.05) is 19.1 Å². The zero-order chi connectivity index (χ0) is 11.8. The maximum absolute atomic E-state index is 11.5. The minimum Gasteiger partial charge on any atom is -0.377 e. The minimum atomic E-state index is -0.226. The highest BCUT2D eigenvalue weighted by molar-refractivity contribution is 5.92. The van der Waals surface area contributed by atoms with Gasteiger partial charge < -0.3 is 14.6 Å². The number of nitrogens with zero attached hydrogens (tertiary/aromatic N) is 1. The molecule has 16 heavy (non-hydrogen) atoms. The molecule has 1 aromatic rings. The van der Waals surface area contributed by atoms with Crippen molar-refractivity contribution in [1.29, 1.82) is 0 Å². The Balaban J connectivity index is 2.40. The molecule has 1 aromatic heterocycles. The Morgan fingerprint density at radius 3 is 3.19 bits per heavy atom. The summed E-state index contributed by atoms with van der Waals surface area (Å²) in [6.07, 6.45) is 4.74. The van der Waals surface area contributed by atoms with Crippen LogP contribution in [0, 0.1) is 0 Å². The van der Waals surface area contributed by atoms with Crippen LogP contribution < -0.4 is 5.32 Å². The molecule has 0 radical (unpaired) electrons. The molecule has 1 rings (SSSR count). The van der Waals surface area contributed by atoms with Crippen molar-refractivity contribution in [1.82, 2.24) is 10.5 Å². The summed E-state index contributed by atoms with van der Waals surface area (Å²) in [5, 5.41) is 6.38. The Labute approximate surface area is 94.5 Å². The van der Waals surface area contributed by atoms with Crippen LogP contribution in [-0.2, 0) is 11.3 Å². The van der Waals surface area contributed by atoms with Gasteiger partial charge in [0.25, 0.3) is 5.91 Å².